The number of carbonyl (C=O) groups is 2. The topological polar surface area (TPSA) is 150 Å². The smallest absolute Gasteiger partial charge is 0.405 e. The minimum absolute atomic E-state index is 0.0219. The summed E-state index contributed by atoms with van der Waals surface area (Å²) in [7, 11) is 4.55. The van der Waals surface area contributed by atoms with Gasteiger partial charge in [0.2, 0.25) is 0 Å². The predicted molar refractivity (Wildman–Crippen MR) is 149 cm³/mol. The molecule has 2 rings (SSSR count). The normalized spacial score (nSPS) is 30.3. The number of phenolic OH excluding ortho intramolecular Hbond substituents is 1. The summed E-state index contributed by atoms with van der Waals surface area (Å²) < 4.78 is 22.2. The number of carbonyl (C=O) groups excluding carboxylic acids is 2. The molecule has 2 bridgehead atoms. The number of hydrogen-bond donors (Lipinski definition) is 4. The second-order valence-corrected chi connectivity index (χ2v) is 10.3. The van der Waals surface area contributed by atoms with Gasteiger partial charge in [0.05, 0.1) is 25.4 Å². The molecule has 10 nitrogen and oxygen atoms in total. The number of fused-ring (bicyclic) bond motifs is 2. The van der Waals surface area contributed by atoms with E-state index in [2.05, 4.69) is 5.32 Å². The van der Waals surface area contributed by atoms with E-state index in [-0.39, 0.29) is 23.5 Å². The first-order chi connectivity index (χ1) is 18.4. The lowest BCUT2D eigenvalue weighted by Crippen LogP contribution is -2.37. The van der Waals surface area contributed by atoms with Gasteiger partial charge in [-0.15, -0.1) is 0 Å². The Hall–Kier alpha value is -3.08. The van der Waals surface area contributed by atoms with Gasteiger partial charge >= 0.3 is 6.09 Å². The molecule has 1 aliphatic heterocycles. The van der Waals surface area contributed by atoms with Gasteiger partial charge in [-0.1, -0.05) is 26.0 Å². The van der Waals surface area contributed by atoms with Crippen LogP contribution >= 0.6 is 0 Å². The molecule has 1 aliphatic rings. The fourth-order valence-corrected chi connectivity index (χ4v) is 5.08. The molecule has 0 radical (unpaired) electrons. The molecule has 0 aromatic heterocycles. The van der Waals surface area contributed by atoms with Crippen molar-refractivity contribution in [3.05, 3.63) is 41.0 Å². The number of ether oxygens (including phenoxy) is 4. The molecule has 0 saturated heterocycles. The van der Waals surface area contributed by atoms with Crippen LogP contribution in [-0.2, 0) is 25.4 Å². The first-order valence-electron chi connectivity index (χ1n) is 13.2. The number of rotatable bonds is 4. The second kappa shape index (κ2) is 14.9. The highest BCUT2D eigenvalue weighted by Gasteiger charge is 2.30. The van der Waals surface area contributed by atoms with E-state index in [1.54, 1.807) is 33.1 Å². The van der Waals surface area contributed by atoms with Gasteiger partial charge in [-0.2, -0.15) is 0 Å². The van der Waals surface area contributed by atoms with E-state index in [4.69, 9.17) is 24.7 Å². The minimum atomic E-state index is -0.934. The number of benzene rings is 1. The quantitative estimate of drug-likeness (QED) is 0.411. The molecular weight excluding hydrogens is 504 g/mol. The van der Waals surface area contributed by atoms with Crippen LogP contribution in [0.1, 0.15) is 52.5 Å². The summed E-state index contributed by atoms with van der Waals surface area (Å²) >= 11 is 0. The maximum Gasteiger partial charge on any atom is 0.405 e. The van der Waals surface area contributed by atoms with Crippen molar-refractivity contribution >= 4 is 17.7 Å². The van der Waals surface area contributed by atoms with E-state index in [1.165, 1.54) is 20.3 Å². The molecule has 39 heavy (non-hydrogen) atoms. The summed E-state index contributed by atoms with van der Waals surface area (Å²) in [6, 6.07) is 3.24. The van der Waals surface area contributed by atoms with Gasteiger partial charge in [0, 0.05) is 43.0 Å². The number of anilines is 1. The number of aliphatic hydroxyl groups excluding tert-OH is 1. The summed E-state index contributed by atoms with van der Waals surface area (Å²) in [4.78, 5) is 24.6. The number of nitrogens with one attached hydrogen (secondary N) is 1. The van der Waals surface area contributed by atoms with Crippen molar-refractivity contribution in [1.82, 2.24) is 0 Å². The van der Waals surface area contributed by atoms with Crippen LogP contribution in [0.3, 0.4) is 0 Å². The fraction of sp³-hybridized carbons (Fsp3) is 0.586. The van der Waals surface area contributed by atoms with E-state index in [0.717, 1.165) is 5.56 Å². The van der Waals surface area contributed by atoms with Crippen molar-refractivity contribution in [2.75, 3.05) is 26.6 Å². The van der Waals surface area contributed by atoms with Crippen LogP contribution in [0.5, 0.6) is 11.5 Å². The molecular formula is C29H44N2O8. The van der Waals surface area contributed by atoms with Crippen LogP contribution in [0.4, 0.5) is 10.5 Å². The predicted octanol–water partition coefficient (Wildman–Crippen LogP) is 4.09. The largest absolute Gasteiger partial charge is 0.504 e. The molecule has 0 unspecified atom stereocenters. The molecule has 1 aromatic rings. The van der Waals surface area contributed by atoms with Gasteiger partial charge in [0.15, 0.2) is 17.6 Å². The van der Waals surface area contributed by atoms with Gasteiger partial charge in [-0.3, -0.25) is 4.79 Å². The van der Waals surface area contributed by atoms with E-state index in [0.29, 0.717) is 48.3 Å². The number of amides is 2. The minimum Gasteiger partial charge on any atom is -0.504 e. The van der Waals surface area contributed by atoms with Gasteiger partial charge in [0.1, 0.15) is 0 Å². The Morgan fingerprint density at radius 1 is 1.10 bits per heavy atom. The number of phenols is 1. The lowest BCUT2D eigenvalue weighted by atomic mass is 9.88. The number of allylic oxidation sites excluding steroid dienone is 1. The van der Waals surface area contributed by atoms with Crippen LogP contribution in [0, 0.1) is 11.8 Å². The van der Waals surface area contributed by atoms with Gasteiger partial charge in [0.25, 0.3) is 5.91 Å². The molecule has 6 atom stereocenters. The first-order valence-corrected chi connectivity index (χ1v) is 13.2. The van der Waals surface area contributed by atoms with Crippen LogP contribution in [-0.4, -0.2) is 68.0 Å². The zero-order valence-corrected chi connectivity index (χ0v) is 24.0. The molecule has 10 heteroatoms. The Morgan fingerprint density at radius 2 is 1.77 bits per heavy atom. The highest BCUT2D eigenvalue weighted by molar-refractivity contribution is 6.03. The van der Waals surface area contributed by atoms with E-state index >= 15 is 0 Å². The van der Waals surface area contributed by atoms with Crippen LogP contribution in [0.2, 0.25) is 0 Å². The third-order valence-corrected chi connectivity index (χ3v) is 7.15. The SMILES string of the molecule is COc1c(O)cc2cc1C[C@H](C)C[C@H](OC)[C@H](O)[C@H](C)/C=C(\C)[C@@H](OC(N)=O)[C@H](OC)CC/C=C(\C)C(=O)N2. The highest BCUT2D eigenvalue weighted by Crippen LogP contribution is 2.36. The van der Waals surface area contributed by atoms with E-state index in [9.17, 15) is 19.8 Å². The third kappa shape index (κ3) is 8.98. The van der Waals surface area contributed by atoms with E-state index < -0.39 is 30.5 Å². The van der Waals surface area contributed by atoms with Gasteiger partial charge in [-0.05, 0) is 57.1 Å². The van der Waals surface area contributed by atoms with Crippen molar-refractivity contribution in [3.63, 3.8) is 0 Å². The molecule has 5 N–H and O–H groups in total. The standard InChI is InChI=1S/C29H44N2O8/c1-16-11-20-14-21(15-22(32)27(20)38-7)31-28(34)17(2)9-8-10-23(36-5)26(39-29(30)35)19(4)13-18(3)25(33)24(12-16)37-6/h9,13-16,18,23-26,32-33H,8,10-12H2,1-7H3,(H2,30,35)(H,31,34)/b17-9+,19-13+/t16-,18+,23+,24-,25+,26+/m0/s1. The molecule has 1 aromatic carbocycles. The molecule has 0 aliphatic carbocycles. The summed E-state index contributed by atoms with van der Waals surface area (Å²) in [5.74, 6) is -0.375. The fourth-order valence-electron chi connectivity index (χ4n) is 5.08. The monoisotopic (exact) mass is 548 g/mol. The summed E-state index contributed by atoms with van der Waals surface area (Å²) in [5.41, 5.74) is 7.69. The Morgan fingerprint density at radius 3 is 2.36 bits per heavy atom. The summed E-state index contributed by atoms with van der Waals surface area (Å²) in [6.07, 6.45) is 1.95. The Labute approximate surface area is 231 Å². The highest BCUT2D eigenvalue weighted by atomic mass is 16.6. The lowest BCUT2D eigenvalue weighted by molar-refractivity contribution is -0.112. The van der Waals surface area contributed by atoms with Gasteiger partial charge in [-0.25, -0.2) is 4.79 Å². The Kier molecular flexibility index (Phi) is 12.3. The summed E-state index contributed by atoms with van der Waals surface area (Å²) in [5, 5.41) is 24.6. The average Bonchev–Trinajstić information content (AvgIpc) is 2.87. The Bertz CT molecular complexity index is 1050. The number of nitrogens with two attached hydrogens (primary N) is 1. The number of primary amides is 1. The van der Waals surface area contributed by atoms with Crippen molar-refractivity contribution in [2.45, 2.75) is 77.8 Å². The maximum atomic E-state index is 12.9. The van der Waals surface area contributed by atoms with Crippen molar-refractivity contribution in [2.24, 2.45) is 17.6 Å². The van der Waals surface area contributed by atoms with Crippen molar-refractivity contribution < 1.29 is 38.7 Å². The molecule has 2 amide bonds. The molecule has 218 valence electrons. The number of aromatic hydroxyl groups is 1. The number of aliphatic hydroxyl groups is 1. The zero-order chi connectivity index (χ0) is 29.3. The van der Waals surface area contributed by atoms with E-state index in [1.807, 2.05) is 19.9 Å². The molecule has 1 heterocycles. The van der Waals surface area contributed by atoms with Crippen molar-refractivity contribution in [3.8, 4) is 11.5 Å². The molecule has 0 spiro atoms. The van der Waals surface area contributed by atoms with Gasteiger partial charge < -0.3 is 40.2 Å². The maximum absolute atomic E-state index is 12.9. The molecule has 0 saturated carbocycles. The van der Waals surface area contributed by atoms with Crippen LogP contribution in [0.25, 0.3) is 0 Å². The lowest BCUT2D eigenvalue weighted by Gasteiger charge is -2.30. The van der Waals surface area contributed by atoms with Crippen LogP contribution in [0.15, 0.2) is 35.4 Å². The summed E-state index contributed by atoms with van der Waals surface area (Å²) in [6.45, 7) is 7.38. The van der Waals surface area contributed by atoms with Crippen molar-refractivity contribution in [1.29, 1.82) is 0 Å². The molecule has 0 fully saturated rings. The first kappa shape index (κ1) is 32.1. The number of methoxy groups -OCH3 is 3. The Balaban J connectivity index is 2.53. The zero-order valence-electron chi connectivity index (χ0n) is 24.0. The average molecular weight is 549 g/mol. The van der Waals surface area contributed by atoms with Crippen LogP contribution < -0.4 is 15.8 Å². The number of hydrogen-bond acceptors (Lipinski definition) is 8. The second-order valence-electron chi connectivity index (χ2n) is 10.3. The third-order valence-electron chi connectivity index (χ3n) is 7.15.